The first-order valence-electron chi connectivity index (χ1n) is 7.19. The van der Waals surface area contributed by atoms with Gasteiger partial charge in [-0.15, -0.1) is 0 Å². The zero-order valence-corrected chi connectivity index (χ0v) is 14.5. The van der Waals surface area contributed by atoms with Crippen LogP contribution in [0.2, 0.25) is 0 Å². The molecule has 0 saturated heterocycles. The Kier molecular flexibility index (Phi) is 5.49. The van der Waals surface area contributed by atoms with Gasteiger partial charge in [0, 0.05) is 29.3 Å². The number of rotatable bonds is 5. The summed E-state index contributed by atoms with van der Waals surface area (Å²) in [5.74, 6) is 0.527. The fourth-order valence-corrected chi connectivity index (χ4v) is 2.62. The quantitative estimate of drug-likeness (QED) is 0.881. The normalized spacial score (nSPS) is 10.4. The monoisotopic (exact) mass is 362 g/mol. The van der Waals surface area contributed by atoms with Crippen molar-refractivity contribution >= 4 is 33.3 Å². The summed E-state index contributed by atoms with van der Waals surface area (Å²) in [6.07, 6.45) is 1.43. The van der Waals surface area contributed by atoms with E-state index in [2.05, 4.69) is 50.0 Å². The van der Waals surface area contributed by atoms with E-state index in [4.69, 9.17) is 0 Å². The Bertz CT molecular complexity index is 671. The average molecular weight is 363 g/mol. The smallest absolute Gasteiger partial charge is 0.274 e. The molecule has 0 aliphatic carbocycles. The number of aromatic nitrogens is 2. The number of hydrogen-bond acceptors (Lipinski definition) is 4. The fraction of sp³-hybridized carbons (Fsp3) is 0.312. The van der Waals surface area contributed by atoms with Gasteiger partial charge in [0.05, 0.1) is 0 Å². The van der Waals surface area contributed by atoms with Gasteiger partial charge in [-0.25, -0.2) is 9.97 Å². The molecule has 5 nitrogen and oxygen atoms in total. The van der Waals surface area contributed by atoms with Gasteiger partial charge >= 0.3 is 0 Å². The summed E-state index contributed by atoms with van der Waals surface area (Å²) in [6, 6.07) is 7.43. The van der Waals surface area contributed by atoms with Gasteiger partial charge in [0.25, 0.3) is 5.91 Å². The van der Waals surface area contributed by atoms with E-state index >= 15 is 0 Å². The van der Waals surface area contributed by atoms with Gasteiger partial charge in [-0.3, -0.25) is 4.79 Å². The fourth-order valence-electron chi connectivity index (χ4n) is 2.15. The molecule has 116 valence electrons. The van der Waals surface area contributed by atoms with Crippen molar-refractivity contribution in [3.8, 4) is 0 Å². The largest absolute Gasteiger partial charge is 0.357 e. The molecule has 2 rings (SSSR count). The third-order valence-electron chi connectivity index (χ3n) is 3.41. The SMILES string of the molecule is CCN(CC)c1cc(C(=O)Nc2ccc(Br)cc2C)ncn1. The zero-order valence-electron chi connectivity index (χ0n) is 12.9. The molecule has 0 fully saturated rings. The predicted octanol–water partition coefficient (Wildman–Crippen LogP) is 3.65. The highest BCUT2D eigenvalue weighted by atomic mass is 79.9. The topological polar surface area (TPSA) is 58.1 Å². The molecular formula is C16H19BrN4O. The Labute approximate surface area is 138 Å². The molecule has 1 heterocycles. The van der Waals surface area contributed by atoms with Crippen molar-refractivity contribution in [1.29, 1.82) is 0 Å². The van der Waals surface area contributed by atoms with Crippen LogP contribution in [-0.4, -0.2) is 29.0 Å². The molecule has 22 heavy (non-hydrogen) atoms. The maximum atomic E-state index is 12.4. The van der Waals surface area contributed by atoms with Crippen molar-refractivity contribution in [2.24, 2.45) is 0 Å². The van der Waals surface area contributed by atoms with Crippen molar-refractivity contribution in [2.45, 2.75) is 20.8 Å². The van der Waals surface area contributed by atoms with E-state index in [-0.39, 0.29) is 5.91 Å². The van der Waals surface area contributed by atoms with Gasteiger partial charge < -0.3 is 10.2 Å². The minimum absolute atomic E-state index is 0.235. The van der Waals surface area contributed by atoms with E-state index in [0.717, 1.165) is 34.6 Å². The van der Waals surface area contributed by atoms with Gasteiger partial charge in [0.1, 0.15) is 17.8 Å². The Morgan fingerprint density at radius 2 is 1.95 bits per heavy atom. The van der Waals surface area contributed by atoms with Crippen molar-refractivity contribution in [1.82, 2.24) is 9.97 Å². The molecule has 6 heteroatoms. The van der Waals surface area contributed by atoms with Crippen LogP contribution in [0.25, 0.3) is 0 Å². The predicted molar refractivity (Wildman–Crippen MR) is 92.4 cm³/mol. The number of hydrogen-bond donors (Lipinski definition) is 1. The maximum Gasteiger partial charge on any atom is 0.274 e. The molecule has 1 N–H and O–H groups in total. The number of nitrogens with one attached hydrogen (secondary N) is 1. The summed E-state index contributed by atoms with van der Waals surface area (Å²) in [6.45, 7) is 7.72. The standard InChI is InChI=1S/C16H19BrN4O/c1-4-21(5-2)15-9-14(18-10-19-15)16(22)20-13-7-6-12(17)8-11(13)3/h6-10H,4-5H2,1-3H3,(H,20,22). The van der Waals surface area contributed by atoms with Crippen molar-refractivity contribution in [3.63, 3.8) is 0 Å². The number of anilines is 2. The number of halogens is 1. The molecule has 1 aromatic carbocycles. The minimum Gasteiger partial charge on any atom is -0.357 e. The molecule has 0 saturated carbocycles. The van der Waals surface area contributed by atoms with E-state index in [1.165, 1.54) is 6.33 Å². The number of nitrogens with zero attached hydrogens (tertiary/aromatic N) is 3. The van der Waals surface area contributed by atoms with Crippen LogP contribution in [-0.2, 0) is 0 Å². The molecular weight excluding hydrogens is 344 g/mol. The molecule has 0 atom stereocenters. The molecule has 0 unspecified atom stereocenters. The van der Waals surface area contributed by atoms with E-state index in [9.17, 15) is 4.79 Å². The van der Waals surface area contributed by atoms with Gasteiger partial charge in [0.2, 0.25) is 0 Å². The minimum atomic E-state index is -0.235. The van der Waals surface area contributed by atoms with Crippen LogP contribution >= 0.6 is 15.9 Å². The molecule has 0 radical (unpaired) electrons. The first kappa shape index (κ1) is 16.4. The van der Waals surface area contributed by atoms with Crippen LogP contribution in [0.1, 0.15) is 29.9 Å². The average Bonchev–Trinajstić information content (AvgIpc) is 2.51. The number of benzene rings is 1. The molecule has 0 spiro atoms. The lowest BCUT2D eigenvalue weighted by Gasteiger charge is -2.19. The Hall–Kier alpha value is -1.95. The molecule has 0 aliphatic rings. The molecule has 0 aliphatic heterocycles. The highest BCUT2D eigenvalue weighted by molar-refractivity contribution is 9.10. The second-order valence-electron chi connectivity index (χ2n) is 4.85. The van der Waals surface area contributed by atoms with E-state index in [1.54, 1.807) is 6.07 Å². The summed E-state index contributed by atoms with van der Waals surface area (Å²) in [5, 5.41) is 2.89. The van der Waals surface area contributed by atoms with Crippen LogP contribution in [0.15, 0.2) is 35.1 Å². The van der Waals surface area contributed by atoms with Gasteiger partial charge in [0.15, 0.2) is 0 Å². The van der Waals surface area contributed by atoms with Crippen molar-refractivity contribution in [3.05, 3.63) is 46.3 Å². The lowest BCUT2D eigenvalue weighted by Crippen LogP contribution is -2.24. The Morgan fingerprint density at radius 3 is 2.59 bits per heavy atom. The number of amides is 1. The molecule has 0 bridgehead atoms. The van der Waals surface area contributed by atoms with Crippen LogP contribution < -0.4 is 10.2 Å². The summed E-state index contributed by atoms with van der Waals surface area (Å²) < 4.78 is 0.980. The van der Waals surface area contributed by atoms with Crippen LogP contribution in [0, 0.1) is 6.92 Å². The Balaban J connectivity index is 2.21. The second kappa shape index (κ2) is 7.35. The molecule has 2 aromatic rings. The second-order valence-corrected chi connectivity index (χ2v) is 5.76. The third-order valence-corrected chi connectivity index (χ3v) is 3.90. The van der Waals surface area contributed by atoms with E-state index in [0.29, 0.717) is 5.69 Å². The third kappa shape index (κ3) is 3.82. The van der Waals surface area contributed by atoms with Crippen LogP contribution in [0.3, 0.4) is 0 Å². The summed E-state index contributed by atoms with van der Waals surface area (Å²) >= 11 is 3.41. The Morgan fingerprint density at radius 1 is 1.23 bits per heavy atom. The van der Waals surface area contributed by atoms with Gasteiger partial charge in [-0.2, -0.15) is 0 Å². The number of carbonyl (C=O) groups is 1. The zero-order chi connectivity index (χ0) is 16.1. The first-order valence-corrected chi connectivity index (χ1v) is 7.99. The maximum absolute atomic E-state index is 12.4. The lowest BCUT2D eigenvalue weighted by molar-refractivity contribution is 0.102. The number of aryl methyl sites for hydroxylation is 1. The summed E-state index contributed by atoms with van der Waals surface area (Å²) in [5.41, 5.74) is 2.12. The summed E-state index contributed by atoms with van der Waals surface area (Å²) in [4.78, 5) is 22.7. The van der Waals surface area contributed by atoms with Gasteiger partial charge in [-0.05, 0) is 44.5 Å². The summed E-state index contributed by atoms with van der Waals surface area (Å²) in [7, 11) is 0. The van der Waals surface area contributed by atoms with Crippen molar-refractivity contribution in [2.75, 3.05) is 23.3 Å². The van der Waals surface area contributed by atoms with E-state index < -0.39 is 0 Å². The first-order chi connectivity index (χ1) is 10.5. The molecule has 1 aromatic heterocycles. The van der Waals surface area contributed by atoms with Crippen LogP contribution in [0.5, 0.6) is 0 Å². The highest BCUT2D eigenvalue weighted by Gasteiger charge is 2.12. The highest BCUT2D eigenvalue weighted by Crippen LogP contribution is 2.21. The molecule has 1 amide bonds. The van der Waals surface area contributed by atoms with Gasteiger partial charge in [-0.1, -0.05) is 15.9 Å². The lowest BCUT2D eigenvalue weighted by atomic mass is 10.2. The van der Waals surface area contributed by atoms with Crippen molar-refractivity contribution < 1.29 is 4.79 Å². The van der Waals surface area contributed by atoms with E-state index in [1.807, 2.05) is 25.1 Å². The van der Waals surface area contributed by atoms with Crippen LogP contribution in [0.4, 0.5) is 11.5 Å². The number of carbonyl (C=O) groups excluding carboxylic acids is 1.